The zero-order chi connectivity index (χ0) is 16.9. The lowest BCUT2D eigenvalue weighted by molar-refractivity contribution is 0.0246. The number of amides is 1. The highest BCUT2D eigenvalue weighted by Crippen LogP contribution is 2.36. The second-order valence-electron chi connectivity index (χ2n) is 7.82. The molecule has 0 aliphatic rings. The Bertz CT molecular complexity index is 354. The van der Waals surface area contributed by atoms with Crippen molar-refractivity contribution in [2.75, 3.05) is 19.7 Å². The van der Waals surface area contributed by atoms with Crippen molar-refractivity contribution in [3.63, 3.8) is 0 Å². The van der Waals surface area contributed by atoms with Gasteiger partial charge in [0, 0.05) is 13.1 Å². The number of hydrogen-bond donors (Lipinski definition) is 0. The van der Waals surface area contributed by atoms with Crippen LogP contribution in [0.1, 0.15) is 41.5 Å². The Morgan fingerprint density at radius 2 is 1.71 bits per heavy atom. The van der Waals surface area contributed by atoms with Crippen LogP contribution in [0.4, 0.5) is 4.79 Å². The van der Waals surface area contributed by atoms with E-state index in [9.17, 15) is 4.79 Å². The quantitative estimate of drug-likeness (QED) is 0.537. The molecule has 0 atom stereocenters. The third-order valence-corrected chi connectivity index (χ3v) is 8.17. The Kier molecular flexibility index (Phi) is 7.16. The minimum atomic E-state index is -1.78. The van der Waals surface area contributed by atoms with Crippen molar-refractivity contribution in [3.05, 3.63) is 12.7 Å². The van der Waals surface area contributed by atoms with Crippen molar-refractivity contribution in [3.8, 4) is 0 Å². The van der Waals surface area contributed by atoms with Crippen LogP contribution in [0.15, 0.2) is 12.7 Å². The van der Waals surface area contributed by atoms with E-state index in [0.29, 0.717) is 19.7 Å². The first-order valence-corrected chi connectivity index (χ1v) is 10.4. The van der Waals surface area contributed by atoms with E-state index in [-0.39, 0.29) is 11.1 Å². The van der Waals surface area contributed by atoms with Crippen LogP contribution in [0.5, 0.6) is 0 Å². The summed E-state index contributed by atoms with van der Waals surface area (Å²) in [7, 11) is -1.78. The first-order valence-electron chi connectivity index (χ1n) is 7.53. The Balaban J connectivity index is 4.54. The van der Waals surface area contributed by atoms with Crippen molar-refractivity contribution in [1.29, 1.82) is 0 Å². The van der Waals surface area contributed by atoms with Gasteiger partial charge in [-0.25, -0.2) is 4.79 Å². The first kappa shape index (κ1) is 20.2. The second-order valence-corrected chi connectivity index (χ2v) is 12.6. The number of rotatable bonds is 6. The predicted molar refractivity (Wildman–Crippen MR) is 91.2 cm³/mol. The fourth-order valence-corrected chi connectivity index (χ4v) is 2.40. The molecule has 0 radical (unpaired) electrons. The second kappa shape index (κ2) is 7.45. The van der Waals surface area contributed by atoms with Crippen molar-refractivity contribution < 1.29 is 14.0 Å². The summed E-state index contributed by atoms with van der Waals surface area (Å²) >= 11 is 0. The molecular formula is C16H33NO3Si. The molecule has 0 rings (SSSR count). The van der Waals surface area contributed by atoms with E-state index in [2.05, 4.69) is 40.4 Å². The minimum absolute atomic E-state index is 0.169. The fraction of sp³-hybridized carbons (Fsp3) is 0.812. The number of carbonyl (C=O) groups is 1. The van der Waals surface area contributed by atoms with E-state index < -0.39 is 13.9 Å². The minimum Gasteiger partial charge on any atom is -0.444 e. The molecule has 0 heterocycles. The molecule has 0 aliphatic carbocycles. The van der Waals surface area contributed by atoms with Gasteiger partial charge in [-0.3, -0.25) is 0 Å². The molecular weight excluding hydrogens is 282 g/mol. The smallest absolute Gasteiger partial charge is 0.410 e. The molecule has 0 aliphatic heterocycles. The average molecular weight is 316 g/mol. The highest BCUT2D eigenvalue weighted by Gasteiger charge is 2.37. The van der Waals surface area contributed by atoms with E-state index in [1.165, 1.54) is 0 Å². The van der Waals surface area contributed by atoms with E-state index in [1.807, 2.05) is 20.8 Å². The van der Waals surface area contributed by atoms with Crippen LogP contribution < -0.4 is 0 Å². The van der Waals surface area contributed by atoms with Gasteiger partial charge in [-0.1, -0.05) is 26.8 Å². The number of hydrogen-bond acceptors (Lipinski definition) is 3. The molecule has 0 aromatic carbocycles. The van der Waals surface area contributed by atoms with Crippen LogP contribution in [0.3, 0.4) is 0 Å². The van der Waals surface area contributed by atoms with E-state index in [1.54, 1.807) is 11.0 Å². The standard InChI is InChI=1S/C16H33NO3Si/c1-10-11-17(14(18)20-15(2,3)4)12-13-19-21(8,9)16(5,6)7/h10H,1,11-13H2,2-9H3. The predicted octanol–water partition coefficient (Wildman–Crippen LogP) is 4.43. The Morgan fingerprint density at radius 3 is 2.10 bits per heavy atom. The van der Waals surface area contributed by atoms with Gasteiger partial charge in [0.2, 0.25) is 0 Å². The molecule has 0 aromatic heterocycles. The van der Waals surface area contributed by atoms with Gasteiger partial charge in [0.1, 0.15) is 5.60 Å². The van der Waals surface area contributed by atoms with Gasteiger partial charge < -0.3 is 14.1 Å². The Morgan fingerprint density at radius 1 is 1.19 bits per heavy atom. The van der Waals surface area contributed by atoms with Crippen molar-refractivity contribution in [2.24, 2.45) is 0 Å². The third-order valence-electron chi connectivity index (χ3n) is 3.63. The van der Waals surface area contributed by atoms with Crippen LogP contribution in [0.2, 0.25) is 18.1 Å². The fourth-order valence-electron chi connectivity index (χ4n) is 1.37. The lowest BCUT2D eigenvalue weighted by Gasteiger charge is -2.36. The molecule has 0 aromatic rings. The summed E-state index contributed by atoms with van der Waals surface area (Å²) in [5, 5.41) is 0.169. The zero-order valence-corrected chi connectivity index (χ0v) is 16.1. The first-order chi connectivity index (χ1) is 9.30. The van der Waals surface area contributed by atoms with Gasteiger partial charge in [0.15, 0.2) is 8.32 Å². The topological polar surface area (TPSA) is 38.8 Å². The highest BCUT2D eigenvalue weighted by molar-refractivity contribution is 6.74. The molecule has 1 amide bonds. The highest BCUT2D eigenvalue weighted by atomic mass is 28.4. The van der Waals surface area contributed by atoms with Crippen LogP contribution >= 0.6 is 0 Å². The molecule has 4 nitrogen and oxygen atoms in total. The number of ether oxygens (including phenoxy) is 1. The summed E-state index contributed by atoms with van der Waals surface area (Å²) in [6.45, 7) is 21.8. The molecule has 0 bridgehead atoms. The van der Waals surface area contributed by atoms with Crippen molar-refractivity contribution in [2.45, 2.75) is 65.3 Å². The summed E-state index contributed by atoms with van der Waals surface area (Å²) in [6, 6.07) is 0. The number of nitrogens with zero attached hydrogens (tertiary/aromatic N) is 1. The average Bonchev–Trinajstić information content (AvgIpc) is 2.23. The molecule has 124 valence electrons. The zero-order valence-electron chi connectivity index (χ0n) is 15.1. The van der Waals surface area contributed by atoms with Gasteiger partial charge in [0.05, 0.1) is 6.61 Å². The molecule has 0 spiro atoms. The van der Waals surface area contributed by atoms with Crippen molar-refractivity contribution >= 4 is 14.4 Å². The van der Waals surface area contributed by atoms with Gasteiger partial charge in [-0.05, 0) is 38.9 Å². The van der Waals surface area contributed by atoms with Gasteiger partial charge in [-0.15, -0.1) is 6.58 Å². The maximum absolute atomic E-state index is 12.1. The molecule has 0 saturated heterocycles. The maximum atomic E-state index is 12.1. The summed E-state index contributed by atoms with van der Waals surface area (Å²) in [6.07, 6.45) is 1.39. The molecule has 0 N–H and O–H groups in total. The SMILES string of the molecule is C=CCN(CCO[Si](C)(C)C(C)(C)C)C(=O)OC(C)(C)C. The van der Waals surface area contributed by atoms with E-state index in [4.69, 9.17) is 9.16 Å². The lowest BCUT2D eigenvalue weighted by atomic mass is 10.2. The van der Waals surface area contributed by atoms with Crippen LogP contribution in [-0.2, 0) is 9.16 Å². The molecule has 21 heavy (non-hydrogen) atoms. The molecule has 0 saturated carbocycles. The molecule has 0 fully saturated rings. The number of carbonyl (C=O) groups excluding carboxylic acids is 1. The van der Waals surface area contributed by atoms with Crippen molar-refractivity contribution in [1.82, 2.24) is 4.90 Å². The normalized spacial score (nSPS) is 13.0. The van der Waals surface area contributed by atoms with Gasteiger partial charge in [-0.2, -0.15) is 0 Å². The maximum Gasteiger partial charge on any atom is 0.410 e. The van der Waals surface area contributed by atoms with E-state index >= 15 is 0 Å². The summed E-state index contributed by atoms with van der Waals surface area (Å²) in [5.74, 6) is 0. The summed E-state index contributed by atoms with van der Waals surface area (Å²) in [5.41, 5.74) is -0.489. The molecule has 5 heteroatoms. The monoisotopic (exact) mass is 315 g/mol. The van der Waals surface area contributed by atoms with E-state index in [0.717, 1.165) is 0 Å². The summed E-state index contributed by atoms with van der Waals surface area (Å²) in [4.78, 5) is 13.7. The van der Waals surface area contributed by atoms with Crippen LogP contribution in [-0.4, -0.2) is 44.6 Å². The molecule has 0 unspecified atom stereocenters. The van der Waals surface area contributed by atoms with Gasteiger partial charge >= 0.3 is 6.09 Å². The summed E-state index contributed by atoms with van der Waals surface area (Å²) < 4.78 is 11.5. The Labute approximate surface area is 131 Å². The largest absolute Gasteiger partial charge is 0.444 e. The Hall–Kier alpha value is -0.813. The van der Waals surface area contributed by atoms with Crippen LogP contribution in [0.25, 0.3) is 0 Å². The lowest BCUT2D eigenvalue weighted by Crippen LogP contribution is -2.44. The van der Waals surface area contributed by atoms with Crippen LogP contribution in [0, 0.1) is 0 Å². The van der Waals surface area contributed by atoms with Gasteiger partial charge in [0.25, 0.3) is 0 Å². The third kappa shape index (κ3) is 7.67.